The zero-order valence-electron chi connectivity index (χ0n) is 15.5. The number of carbonyl (C=O) groups excluding carboxylic acids is 1. The van der Waals surface area contributed by atoms with Gasteiger partial charge in [0.1, 0.15) is 0 Å². The van der Waals surface area contributed by atoms with Crippen LogP contribution in [0.2, 0.25) is 0 Å². The topological polar surface area (TPSA) is 84.0 Å². The molecule has 0 fully saturated rings. The number of benzene rings is 2. The van der Waals surface area contributed by atoms with Gasteiger partial charge in [-0.15, -0.1) is 0 Å². The minimum Gasteiger partial charge on any atom is -0.350 e. The molecular formula is C21H23N3O3. The molecule has 0 aliphatic carbocycles. The number of hydrogen-bond donors (Lipinski definition) is 2. The van der Waals surface area contributed by atoms with Crippen LogP contribution in [0.5, 0.6) is 0 Å². The molecule has 0 saturated carbocycles. The van der Waals surface area contributed by atoms with Crippen LogP contribution in [0.1, 0.15) is 36.2 Å². The van der Waals surface area contributed by atoms with Crippen molar-refractivity contribution in [2.45, 2.75) is 39.3 Å². The van der Waals surface area contributed by atoms with E-state index in [0.29, 0.717) is 23.1 Å². The van der Waals surface area contributed by atoms with Crippen LogP contribution in [0.3, 0.4) is 0 Å². The van der Waals surface area contributed by atoms with E-state index in [0.717, 1.165) is 12.8 Å². The summed E-state index contributed by atoms with van der Waals surface area (Å²) in [7, 11) is 0. The molecule has 0 saturated heterocycles. The van der Waals surface area contributed by atoms with Crippen LogP contribution >= 0.6 is 0 Å². The van der Waals surface area contributed by atoms with Gasteiger partial charge in [-0.3, -0.25) is 14.4 Å². The fraction of sp³-hybridized carbons (Fsp3) is 0.286. The predicted molar refractivity (Wildman–Crippen MR) is 106 cm³/mol. The number of rotatable bonds is 6. The zero-order valence-corrected chi connectivity index (χ0v) is 15.5. The molecule has 1 atom stereocenters. The van der Waals surface area contributed by atoms with Crippen LogP contribution in [-0.4, -0.2) is 21.5 Å². The Bertz CT molecular complexity index is 1070. The second-order valence-corrected chi connectivity index (χ2v) is 6.63. The maximum Gasteiger partial charge on any atom is 0.316 e. The van der Waals surface area contributed by atoms with Gasteiger partial charge in [-0.1, -0.05) is 30.3 Å². The number of aryl methyl sites for hydroxylation is 2. The predicted octanol–water partition coefficient (Wildman–Crippen LogP) is 2.46. The standard InChI is InChI=1S/C21H23N3O3/c1-3-24-18-12-11-16(13-17(18)23-20(26)21(24)27)19(25)22-14(2)9-10-15-7-5-4-6-8-15/h4-8,11-14H,3,9-10H2,1-2H3,(H,22,25)(H,23,26). The fourth-order valence-electron chi connectivity index (χ4n) is 3.14. The minimum atomic E-state index is -0.682. The van der Waals surface area contributed by atoms with Crippen LogP contribution in [0, 0.1) is 0 Å². The quantitative estimate of drug-likeness (QED) is 0.658. The fourth-order valence-corrected chi connectivity index (χ4v) is 3.14. The van der Waals surface area contributed by atoms with Crippen molar-refractivity contribution in [3.63, 3.8) is 0 Å². The first-order chi connectivity index (χ1) is 13.0. The smallest absolute Gasteiger partial charge is 0.316 e. The van der Waals surface area contributed by atoms with Crippen LogP contribution in [0.4, 0.5) is 0 Å². The molecule has 0 bridgehead atoms. The third-order valence-corrected chi connectivity index (χ3v) is 4.64. The van der Waals surface area contributed by atoms with E-state index in [9.17, 15) is 14.4 Å². The van der Waals surface area contributed by atoms with Crippen molar-refractivity contribution in [3.8, 4) is 0 Å². The number of aromatic nitrogens is 2. The Morgan fingerprint density at radius 2 is 1.89 bits per heavy atom. The number of nitrogens with one attached hydrogen (secondary N) is 2. The van der Waals surface area contributed by atoms with Crippen molar-refractivity contribution in [2.75, 3.05) is 0 Å². The summed E-state index contributed by atoms with van der Waals surface area (Å²) in [5.74, 6) is -0.201. The van der Waals surface area contributed by atoms with Crippen LogP contribution < -0.4 is 16.4 Å². The molecule has 3 aromatic rings. The maximum absolute atomic E-state index is 12.5. The molecular weight excluding hydrogens is 342 g/mol. The van der Waals surface area contributed by atoms with E-state index in [2.05, 4.69) is 22.4 Å². The van der Waals surface area contributed by atoms with Crippen molar-refractivity contribution < 1.29 is 4.79 Å². The van der Waals surface area contributed by atoms with Crippen molar-refractivity contribution in [1.82, 2.24) is 14.9 Å². The van der Waals surface area contributed by atoms with Gasteiger partial charge in [0.25, 0.3) is 5.91 Å². The van der Waals surface area contributed by atoms with Gasteiger partial charge < -0.3 is 14.9 Å². The Hall–Kier alpha value is -3.15. The second kappa shape index (κ2) is 8.03. The third-order valence-electron chi connectivity index (χ3n) is 4.64. The highest BCUT2D eigenvalue weighted by Crippen LogP contribution is 2.12. The average Bonchev–Trinajstić information content (AvgIpc) is 2.68. The van der Waals surface area contributed by atoms with E-state index < -0.39 is 11.1 Å². The third kappa shape index (κ3) is 4.16. The number of aromatic amines is 1. The van der Waals surface area contributed by atoms with Gasteiger partial charge in [-0.25, -0.2) is 0 Å². The molecule has 1 unspecified atom stereocenters. The monoisotopic (exact) mass is 365 g/mol. The lowest BCUT2D eigenvalue weighted by atomic mass is 10.1. The number of carbonyl (C=O) groups is 1. The molecule has 1 amide bonds. The van der Waals surface area contributed by atoms with Crippen molar-refractivity contribution in [1.29, 1.82) is 0 Å². The Morgan fingerprint density at radius 3 is 2.59 bits per heavy atom. The normalized spacial score (nSPS) is 12.1. The van der Waals surface area contributed by atoms with E-state index in [1.54, 1.807) is 25.1 Å². The average molecular weight is 365 g/mol. The first-order valence-electron chi connectivity index (χ1n) is 9.11. The molecule has 0 aliphatic rings. The molecule has 27 heavy (non-hydrogen) atoms. The molecule has 6 heteroatoms. The van der Waals surface area contributed by atoms with Gasteiger partial charge in [0.15, 0.2) is 0 Å². The summed E-state index contributed by atoms with van der Waals surface area (Å²) in [5, 5.41) is 2.99. The SMILES string of the molecule is CCn1c(=O)c(=O)[nH]c2cc(C(=O)NC(C)CCc3ccccc3)ccc21. The summed E-state index contributed by atoms with van der Waals surface area (Å²) < 4.78 is 1.40. The van der Waals surface area contributed by atoms with Crippen molar-refractivity contribution >= 4 is 16.9 Å². The summed E-state index contributed by atoms with van der Waals surface area (Å²) in [6.07, 6.45) is 1.71. The number of hydrogen-bond acceptors (Lipinski definition) is 3. The Labute approximate surface area is 156 Å². The molecule has 2 N–H and O–H groups in total. The highest BCUT2D eigenvalue weighted by Gasteiger charge is 2.13. The summed E-state index contributed by atoms with van der Waals surface area (Å²) in [6, 6.07) is 15.1. The Balaban J connectivity index is 1.74. The summed E-state index contributed by atoms with van der Waals surface area (Å²) in [5.41, 5.74) is 1.50. The van der Waals surface area contributed by atoms with E-state index in [-0.39, 0.29) is 11.9 Å². The molecule has 0 radical (unpaired) electrons. The van der Waals surface area contributed by atoms with Crippen LogP contribution in [-0.2, 0) is 13.0 Å². The zero-order chi connectivity index (χ0) is 19.4. The first kappa shape index (κ1) is 18.6. The molecule has 0 aliphatic heterocycles. The lowest BCUT2D eigenvalue weighted by Crippen LogP contribution is -2.36. The first-order valence-corrected chi connectivity index (χ1v) is 9.11. The minimum absolute atomic E-state index is 0.0112. The number of H-pyrrole nitrogens is 1. The second-order valence-electron chi connectivity index (χ2n) is 6.63. The van der Waals surface area contributed by atoms with Gasteiger partial charge in [-0.2, -0.15) is 0 Å². The van der Waals surface area contributed by atoms with Gasteiger partial charge in [0, 0.05) is 18.2 Å². The Kier molecular flexibility index (Phi) is 5.54. The van der Waals surface area contributed by atoms with Gasteiger partial charge in [-0.05, 0) is 50.5 Å². The molecule has 2 aromatic carbocycles. The molecule has 6 nitrogen and oxygen atoms in total. The summed E-state index contributed by atoms with van der Waals surface area (Å²) in [4.78, 5) is 38.8. The number of fused-ring (bicyclic) bond motifs is 1. The van der Waals surface area contributed by atoms with E-state index in [1.165, 1.54) is 10.1 Å². The Morgan fingerprint density at radius 1 is 1.15 bits per heavy atom. The van der Waals surface area contributed by atoms with E-state index in [1.807, 2.05) is 25.1 Å². The van der Waals surface area contributed by atoms with Crippen LogP contribution in [0.15, 0.2) is 58.1 Å². The van der Waals surface area contributed by atoms with E-state index in [4.69, 9.17) is 0 Å². The molecule has 140 valence electrons. The number of nitrogens with zero attached hydrogens (tertiary/aromatic N) is 1. The molecule has 0 spiro atoms. The molecule has 1 aromatic heterocycles. The maximum atomic E-state index is 12.5. The largest absolute Gasteiger partial charge is 0.350 e. The molecule has 1 heterocycles. The highest BCUT2D eigenvalue weighted by molar-refractivity contribution is 5.97. The highest BCUT2D eigenvalue weighted by atomic mass is 16.2. The van der Waals surface area contributed by atoms with Crippen LogP contribution in [0.25, 0.3) is 11.0 Å². The van der Waals surface area contributed by atoms with Gasteiger partial charge >= 0.3 is 11.1 Å². The van der Waals surface area contributed by atoms with Gasteiger partial charge in [0.2, 0.25) is 0 Å². The van der Waals surface area contributed by atoms with Gasteiger partial charge in [0.05, 0.1) is 11.0 Å². The lowest BCUT2D eigenvalue weighted by Gasteiger charge is -2.14. The number of amides is 1. The summed E-state index contributed by atoms with van der Waals surface area (Å²) >= 11 is 0. The lowest BCUT2D eigenvalue weighted by molar-refractivity contribution is 0.0938. The van der Waals surface area contributed by atoms with E-state index >= 15 is 0 Å². The summed E-state index contributed by atoms with van der Waals surface area (Å²) in [6.45, 7) is 4.16. The van der Waals surface area contributed by atoms with Crippen molar-refractivity contribution in [2.24, 2.45) is 0 Å². The molecule has 3 rings (SSSR count). The van der Waals surface area contributed by atoms with Crippen molar-refractivity contribution in [3.05, 3.63) is 80.4 Å².